The van der Waals surface area contributed by atoms with Crippen molar-refractivity contribution in [1.29, 1.82) is 0 Å². The molecule has 0 spiro atoms. The zero-order chi connectivity index (χ0) is 19.1. The lowest BCUT2D eigenvalue weighted by Crippen LogP contribution is -2.14. The topological polar surface area (TPSA) is 85.9 Å². The third-order valence-corrected chi connectivity index (χ3v) is 4.47. The molecule has 0 saturated carbocycles. The zero-order valence-corrected chi connectivity index (χ0v) is 14.5. The second-order valence-corrected chi connectivity index (χ2v) is 6.29. The van der Waals surface area contributed by atoms with Crippen LogP contribution in [0, 0.1) is 0 Å². The highest BCUT2D eigenvalue weighted by atomic mass is 16.7. The number of anilines is 2. The molecule has 5 rings (SSSR count). The molecule has 2 N–H and O–H groups in total. The first-order valence-corrected chi connectivity index (χ1v) is 8.61. The van der Waals surface area contributed by atoms with Gasteiger partial charge < -0.3 is 24.8 Å². The molecule has 0 aromatic heterocycles. The Kier molecular flexibility index (Phi) is 3.65. The first-order valence-electron chi connectivity index (χ1n) is 8.61. The lowest BCUT2D eigenvalue weighted by molar-refractivity contribution is 0.101. The summed E-state index contributed by atoms with van der Waals surface area (Å²) >= 11 is 0. The van der Waals surface area contributed by atoms with Crippen molar-refractivity contribution in [3.05, 3.63) is 71.8 Å². The number of para-hydroxylation sites is 2. The van der Waals surface area contributed by atoms with Crippen LogP contribution in [0.3, 0.4) is 0 Å². The van der Waals surface area contributed by atoms with Crippen LogP contribution in [0.1, 0.15) is 20.7 Å². The van der Waals surface area contributed by atoms with Crippen LogP contribution in [0.5, 0.6) is 23.0 Å². The maximum absolute atomic E-state index is 12.6. The van der Waals surface area contributed by atoms with Crippen molar-refractivity contribution in [2.75, 3.05) is 17.4 Å². The zero-order valence-electron chi connectivity index (χ0n) is 14.5. The van der Waals surface area contributed by atoms with Gasteiger partial charge in [-0.1, -0.05) is 12.1 Å². The van der Waals surface area contributed by atoms with Crippen LogP contribution in [0.25, 0.3) is 0 Å². The second-order valence-electron chi connectivity index (χ2n) is 6.29. The van der Waals surface area contributed by atoms with E-state index in [4.69, 9.17) is 14.2 Å². The Morgan fingerprint density at radius 1 is 0.893 bits per heavy atom. The van der Waals surface area contributed by atoms with E-state index in [9.17, 15) is 9.59 Å². The smallest absolute Gasteiger partial charge is 0.259 e. The predicted molar refractivity (Wildman–Crippen MR) is 101 cm³/mol. The maximum atomic E-state index is 12.6. The van der Waals surface area contributed by atoms with Gasteiger partial charge >= 0.3 is 0 Å². The van der Waals surface area contributed by atoms with Crippen molar-refractivity contribution < 1.29 is 23.8 Å². The van der Waals surface area contributed by atoms with Crippen LogP contribution < -0.4 is 24.8 Å². The standard InChI is InChI=1S/C21H14N2O5/c24-20(12-5-7-18-19(9-12)27-11-26-18)22-13-6-8-16-14(10-13)21(25)23-15-3-1-2-4-17(15)28-16/h1-10H,11H2,(H,22,24)(H,23,25). The molecule has 0 unspecified atom stereocenters. The number of ether oxygens (including phenoxy) is 3. The Morgan fingerprint density at radius 3 is 2.64 bits per heavy atom. The highest BCUT2D eigenvalue weighted by molar-refractivity contribution is 6.10. The molecule has 7 heteroatoms. The summed E-state index contributed by atoms with van der Waals surface area (Å²) in [6.45, 7) is 0.142. The van der Waals surface area contributed by atoms with E-state index < -0.39 is 0 Å². The van der Waals surface area contributed by atoms with Gasteiger partial charge in [0.15, 0.2) is 17.2 Å². The molecule has 3 aromatic rings. The minimum Gasteiger partial charge on any atom is -0.454 e. The molecule has 2 aliphatic heterocycles. The third-order valence-electron chi connectivity index (χ3n) is 4.47. The van der Waals surface area contributed by atoms with Crippen LogP contribution in [-0.2, 0) is 0 Å². The van der Waals surface area contributed by atoms with Gasteiger partial charge in [-0.15, -0.1) is 0 Å². The number of benzene rings is 3. The number of hydrogen-bond acceptors (Lipinski definition) is 5. The molecule has 2 heterocycles. The molecule has 138 valence electrons. The minimum atomic E-state index is -0.323. The molecule has 0 bridgehead atoms. The number of amides is 2. The quantitative estimate of drug-likeness (QED) is 0.707. The summed E-state index contributed by atoms with van der Waals surface area (Å²) in [5, 5.41) is 5.60. The van der Waals surface area contributed by atoms with Crippen LogP contribution in [0.2, 0.25) is 0 Å². The molecule has 28 heavy (non-hydrogen) atoms. The molecule has 0 fully saturated rings. The molecule has 0 aliphatic carbocycles. The summed E-state index contributed by atoms with van der Waals surface area (Å²) < 4.78 is 16.4. The normalized spacial score (nSPS) is 13.5. The van der Waals surface area contributed by atoms with Gasteiger partial charge in [0.05, 0.1) is 11.3 Å². The van der Waals surface area contributed by atoms with E-state index in [2.05, 4.69) is 10.6 Å². The Labute approximate surface area is 159 Å². The van der Waals surface area contributed by atoms with Gasteiger partial charge in [-0.25, -0.2) is 0 Å². The van der Waals surface area contributed by atoms with Gasteiger partial charge in [0, 0.05) is 11.3 Å². The van der Waals surface area contributed by atoms with Crippen molar-refractivity contribution in [2.45, 2.75) is 0 Å². The summed E-state index contributed by atoms with van der Waals surface area (Å²) in [5.74, 6) is 1.49. The van der Waals surface area contributed by atoms with E-state index in [1.807, 2.05) is 12.1 Å². The predicted octanol–water partition coefficient (Wildman–Crippen LogP) is 4.03. The van der Waals surface area contributed by atoms with Crippen molar-refractivity contribution in [1.82, 2.24) is 0 Å². The second kappa shape index (κ2) is 6.31. The maximum Gasteiger partial charge on any atom is 0.259 e. The van der Waals surface area contributed by atoms with Gasteiger partial charge in [0.1, 0.15) is 5.75 Å². The highest BCUT2D eigenvalue weighted by Gasteiger charge is 2.22. The number of fused-ring (bicyclic) bond motifs is 3. The lowest BCUT2D eigenvalue weighted by atomic mass is 10.1. The molecular weight excluding hydrogens is 360 g/mol. The van der Waals surface area contributed by atoms with Gasteiger partial charge in [-0.05, 0) is 48.5 Å². The lowest BCUT2D eigenvalue weighted by Gasteiger charge is -2.10. The van der Waals surface area contributed by atoms with E-state index in [0.717, 1.165) is 0 Å². The molecule has 2 amide bonds. The number of carbonyl (C=O) groups excluding carboxylic acids is 2. The Morgan fingerprint density at radius 2 is 1.71 bits per heavy atom. The summed E-state index contributed by atoms with van der Waals surface area (Å²) in [7, 11) is 0. The van der Waals surface area contributed by atoms with Crippen molar-refractivity contribution in [3.8, 4) is 23.0 Å². The van der Waals surface area contributed by atoms with E-state index in [-0.39, 0.29) is 18.6 Å². The first kappa shape index (κ1) is 16.2. The molecule has 7 nitrogen and oxygen atoms in total. The van der Waals surface area contributed by atoms with Gasteiger partial charge in [-0.2, -0.15) is 0 Å². The fourth-order valence-electron chi connectivity index (χ4n) is 3.08. The van der Waals surface area contributed by atoms with Crippen LogP contribution in [0.15, 0.2) is 60.7 Å². The fourth-order valence-corrected chi connectivity index (χ4v) is 3.08. The van der Waals surface area contributed by atoms with E-state index in [1.165, 1.54) is 0 Å². The number of rotatable bonds is 2. The molecule has 2 aliphatic rings. The largest absolute Gasteiger partial charge is 0.454 e. The molecule has 3 aromatic carbocycles. The number of hydrogen-bond donors (Lipinski definition) is 2. The average Bonchev–Trinajstić information content (AvgIpc) is 3.12. The van der Waals surface area contributed by atoms with Crippen LogP contribution in [0.4, 0.5) is 11.4 Å². The number of carbonyl (C=O) groups is 2. The van der Waals surface area contributed by atoms with E-state index in [1.54, 1.807) is 48.5 Å². The third kappa shape index (κ3) is 2.79. The van der Waals surface area contributed by atoms with Crippen LogP contribution in [-0.4, -0.2) is 18.6 Å². The summed E-state index contributed by atoms with van der Waals surface area (Å²) in [6.07, 6.45) is 0. The Bertz CT molecular complexity index is 1130. The van der Waals surface area contributed by atoms with Gasteiger partial charge in [0.2, 0.25) is 6.79 Å². The average molecular weight is 374 g/mol. The van der Waals surface area contributed by atoms with E-state index >= 15 is 0 Å². The Hall–Kier alpha value is -4.00. The minimum absolute atomic E-state index is 0.142. The number of nitrogens with one attached hydrogen (secondary N) is 2. The van der Waals surface area contributed by atoms with Crippen molar-refractivity contribution >= 4 is 23.2 Å². The monoisotopic (exact) mass is 374 g/mol. The summed E-state index contributed by atoms with van der Waals surface area (Å²) in [6, 6.07) is 17.1. The van der Waals surface area contributed by atoms with Crippen LogP contribution >= 0.6 is 0 Å². The Balaban J connectivity index is 1.41. The summed E-state index contributed by atoms with van der Waals surface area (Å²) in [4.78, 5) is 25.1. The molecule has 0 atom stereocenters. The van der Waals surface area contributed by atoms with Crippen molar-refractivity contribution in [3.63, 3.8) is 0 Å². The van der Waals surface area contributed by atoms with Crippen molar-refractivity contribution in [2.24, 2.45) is 0 Å². The highest BCUT2D eigenvalue weighted by Crippen LogP contribution is 2.37. The molecular formula is C21H14N2O5. The SMILES string of the molecule is O=C(Nc1ccc2c(c1)C(=O)Nc1ccccc1O2)c1ccc2c(c1)OCO2. The van der Waals surface area contributed by atoms with Gasteiger partial charge in [0.25, 0.3) is 11.8 Å². The van der Waals surface area contributed by atoms with Gasteiger partial charge in [-0.3, -0.25) is 9.59 Å². The fraction of sp³-hybridized carbons (Fsp3) is 0.0476. The first-order chi connectivity index (χ1) is 13.7. The molecule has 0 radical (unpaired) electrons. The van der Waals surface area contributed by atoms with E-state index in [0.29, 0.717) is 45.5 Å². The summed E-state index contributed by atoms with van der Waals surface area (Å²) in [5.41, 5.74) is 1.83. The molecule has 0 saturated heterocycles.